The third kappa shape index (κ3) is 8.27. The van der Waals surface area contributed by atoms with Crippen LogP contribution < -0.4 is 16.0 Å². The molecule has 7 nitrogen and oxygen atoms in total. The Hall–Kier alpha value is -2.21. The van der Waals surface area contributed by atoms with Gasteiger partial charge in [0.25, 0.3) is 0 Å². The zero-order valence-electron chi connectivity index (χ0n) is 17.0. The summed E-state index contributed by atoms with van der Waals surface area (Å²) in [6.45, 7) is 4.56. The largest absolute Gasteiger partial charge is 0.357 e. The lowest BCUT2D eigenvalue weighted by Gasteiger charge is -2.12. The van der Waals surface area contributed by atoms with Gasteiger partial charge >= 0.3 is 0 Å². The lowest BCUT2D eigenvalue weighted by Crippen LogP contribution is -2.41. The molecule has 30 heavy (non-hydrogen) atoms. The molecule has 0 atom stereocenters. The van der Waals surface area contributed by atoms with Crippen LogP contribution in [0, 0.1) is 12.7 Å². The number of aliphatic imine (C=N–C) groups is 1. The van der Waals surface area contributed by atoms with Crippen molar-refractivity contribution in [1.82, 2.24) is 10.6 Å². The van der Waals surface area contributed by atoms with Crippen molar-refractivity contribution in [3.05, 3.63) is 59.4 Å². The van der Waals surface area contributed by atoms with Crippen LogP contribution in [0.5, 0.6) is 0 Å². The summed E-state index contributed by atoms with van der Waals surface area (Å²) in [7, 11) is -3.26. The number of rotatable bonds is 7. The van der Waals surface area contributed by atoms with Crippen molar-refractivity contribution in [3.8, 4) is 0 Å². The first kappa shape index (κ1) is 25.8. The predicted octanol–water partition coefficient (Wildman–Crippen LogP) is 2.85. The van der Waals surface area contributed by atoms with E-state index in [4.69, 9.17) is 0 Å². The van der Waals surface area contributed by atoms with E-state index in [9.17, 15) is 17.6 Å². The molecule has 0 fully saturated rings. The molecule has 10 heteroatoms. The predicted molar refractivity (Wildman–Crippen MR) is 128 cm³/mol. The van der Waals surface area contributed by atoms with Crippen molar-refractivity contribution in [2.24, 2.45) is 4.99 Å². The Labute approximate surface area is 193 Å². The van der Waals surface area contributed by atoms with Crippen LogP contribution in [-0.2, 0) is 21.2 Å². The number of guanidine groups is 1. The quantitative estimate of drug-likeness (QED) is 0.281. The van der Waals surface area contributed by atoms with Crippen molar-refractivity contribution in [2.45, 2.75) is 25.3 Å². The fourth-order valence-electron chi connectivity index (χ4n) is 2.64. The summed E-state index contributed by atoms with van der Waals surface area (Å²) in [4.78, 5) is 16.8. The van der Waals surface area contributed by atoms with E-state index < -0.39 is 9.84 Å². The standard InChI is InChI=1S/C20H25FN4O3S.HI/c1-4-22-20(24-13-19(26)25-17-8-6-16(21)7-9-17)23-12-15-5-10-18(14(2)11-15)29(3,27)28;/h5-11H,4,12-13H2,1-3H3,(H,25,26)(H2,22,23,24);1H. The number of anilines is 1. The molecule has 0 aliphatic heterocycles. The Morgan fingerprint density at radius 2 is 1.77 bits per heavy atom. The number of sulfone groups is 1. The molecule has 0 bridgehead atoms. The Bertz CT molecular complexity index is 996. The minimum absolute atomic E-state index is 0. The Balaban J connectivity index is 0.00000450. The van der Waals surface area contributed by atoms with Crippen LogP contribution in [-0.4, -0.2) is 39.6 Å². The number of carbonyl (C=O) groups excluding carboxylic acids is 1. The molecule has 0 spiro atoms. The van der Waals surface area contributed by atoms with E-state index in [1.54, 1.807) is 25.1 Å². The summed E-state index contributed by atoms with van der Waals surface area (Å²) in [5, 5.41) is 8.63. The summed E-state index contributed by atoms with van der Waals surface area (Å²) in [6.07, 6.45) is 1.18. The molecule has 3 N–H and O–H groups in total. The summed E-state index contributed by atoms with van der Waals surface area (Å²) >= 11 is 0. The van der Waals surface area contributed by atoms with Gasteiger partial charge in [0.05, 0.1) is 18.0 Å². The lowest BCUT2D eigenvalue weighted by atomic mass is 10.1. The number of hydrogen-bond acceptors (Lipinski definition) is 4. The SMILES string of the molecule is CCNC(=NCc1ccc(S(C)(=O)=O)c(C)c1)NCC(=O)Nc1ccc(F)cc1.I. The molecule has 0 saturated carbocycles. The molecule has 164 valence electrons. The number of nitrogens with one attached hydrogen (secondary N) is 3. The first-order valence-corrected chi connectivity index (χ1v) is 11.0. The maximum atomic E-state index is 12.9. The average Bonchev–Trinajstić information content (AvgIpc) is 2.65. The topological polar surface area (TPSA) is 99.7 Å². The maximum absolute atomic E-state index is 12.9. The summed E-state index contributed by atoms with van der Waals surface area (Å²) in [5.41, 5.74) is 2.02. The first-order chi connectivity index (χ1) is 13.7. The van der Waals surface area contributed by atoms with Gasteiger partial charge in [0.1, 0.15) is 5.82 Å². The van der Waals surface area contributed by atoms with Gasteiger partial charge in [0.15, 0.2) is 15.8 Å². The van der Waals surface area contributed by atoms with Gasteiger partial charge in [0.2, 0.25) is 5.91 Å². The molecule has 2 aromatic carbocycles. The van der Waals surface area contributed by atoms with Crippen molar-refractivity contribution >= 4 is 51.4 Å². The highest BCUT2D eigenvalue weighted by molar-refractivity contribution is 14.0. The van der Waals surface area contributed by atoms with Crippen molar-refractivity contribution in [2.75, 3.05) is 24.7 Å². The van der Waals surface area contributed by atoms with E-state index in [-0.39, 0.29) is 42.2 Å². The molecule has 0 heterocycles. The Morgan fingerprint density at radius 3 is 2.33 bits per heavy atom. The monoisotopic (exact) mass is 548 g/mol. The molecule has 0 unspecified atom stereocenters. The molecule has 0 radical (unpaired) electrons. The number of amides is 1. The van der Waals surface area contributed by atoms with Crippen molar-refractivity contribution in [1.29, 1.82) is 0 Å². The number of carbonyl (C=O) groups is 1. The molecule has 1 amide bonds. The van der Waals surface area contributed by atoms with E-state index in [1.165, 1.54) is 30.5 Å². The van der Waals surface area contributed by atoms with Crippen LogP contribution in [0.3, 0.4) is 0 Å². The second-order valence-corrected chi connectivity index (χ2v) is 8.46. The van der Waals surface area contributed by atoms with E-state index in [1.807, 2.05) is 6.92 Å². The molecule has 2 aromatic rings. The zero-order chi connectivity index (χ0) is 21.4. The van der Waals surface area contributed by atoms with E-state index in [2.05, 4.69) is 20.9 Å². The van der Waals surface area contributed by atoms with Crippen LogP contribution in [0.4, 0.5) is 10.1 Å². The van der Waals surface area contributed by atoms with E-state index >= 15 is 0 Å². The van der Waals surface area contributed by atoms with Gasteiger partial charge in [-0.25, -0.2) is 17.8 Å². The number of benzene rings is 2. The molecular weight excluding hydrogens is 522 g/mol. The van der Waals surface area contributed by atoms with Gasteiger partial charge in [-0.05, 0) is 55.3 Å². The van der Waals surface area contributed by atoms with E-state index in [0.717, 1.165) is 5.56 Å². The zero-order valence-corrected chi connectivity index (χ0v) is 20.2. The minimum atomic E-state index is -3.26. The summed E-state index contributed by atoms with van der Waals surface area (Å²) in [6, 6.07) is 10.6. The molecular formula is C20H26FIN4O3S. The highest BCUT2D eigenvalue weighted by Crippen LogP contribution is 2.17. The van der Waals surface area contributed by atoms with Crippen molar-refractivity contribution in [3.63, 3.8) is 0 Å². The fourth-order valence-corrected chi connectivity index (χ4v) is 3.60. The van der Waals surface area contributed by atoms with Crippen LogP contribution in [0.15, 0.2) is 52.4 Å². The highest BCUT2D eigenvalue weighted by Gasteiger charge is 2.11. The molecule has 0 saturated heterocycles. The maximum Gasteiger partial charge on any atom is 0.243 e. The fraction of sp³-hybridized carbons (Fsp3) is 0.300. The smallest absolute Gasteiger partial charge is 0.243 e. The molecule has 0 aromatic heterocycles. The average molecular weight is 548 g/mol. The number of halogens is 2. The molecule has 0 aliphatic carbocycles. The minimum Gasteiger partial charge on any atom is -0.357 e. The van der Waals surface area contributed by atoms with Crippen LogP contribution >= 0.6 is 24.0 Å². The van der Waals surface area contributed by atoms with Gasteiger partial charge < -0.3 is 16.0 Å². The van der Waals surface area contributed by atoms with Crippen molar-refractivity contribution < 1.29 is 17.6 Å². The van der Waals surface area contributed by atoms with E-state index in [0.29, 0.717) is 35.2 Å². The number of aryl methyl sites for hydroxylation is 1. The third-order valence-corrected chi connectivity index (χ3v) is 5.20. The molecule has 2 rings (SSSR count). The first-order valence-electron chi connectivity index (χ1n) is 9.06. The summed E-state index contributed by atoms with van der Waals surface area (Å²) < 4.78 is 36.3. The Morgan fingerprint density at radius 1 is 1.10 bits per heavy atom. The number of hydrogen-bond donors (Lipinski definition) is 3. The van der Waals surface area contributed by atoms with Gasteiger partial charge in [-0.2, -0.15) is 0 Å². The van der Waals surface area contributed by atoms with Crippen LogP contribution in [0.1, 0.15) is 18.1 Å². The third-order valence-electron chi connectivity index (χ3n) is 3.95. The normalized spacial score (nSPS) is 11.4. The molecule has 0 aliphatic rings. The highest BCUT2D eigenvalue weighted by atomic mass is 127. The van der Waals surface area contributed by atoms with Gasteiger partial charge in [-0.15, -0.1) is 24.0 Å². The van der Waals surface area contributed by atoms with Crippen LogP contribution in [0.25, 0.3) is 0 Å². The number of nitrogens with zero attached hydrogens (tertiary/aromatic N) is 1. The van der Waals surface area contributed by atoms with Gasteiger partial charge in [-0.1, -0.05) is 12.1 Å². The van der Waals surface area contributed by atoms with Gasteiger partial charge in [0, 0.05) is 18.5 Å². The lowest BCUT2D eigenvalue weighted by molar-refractivity contribution is -0.115. The van der Waals surface area contributed by atoms with Gasteiger partial charge in [-0.3, -0.25) is 4.79 Å². The summed E-state index contributed by atoms with van der Waals surface area (Å²) in [5.74, 6) is -0.218. The second kappa shape index (κ2) is 11.8. The van der Waals surface area contributed by atoms with Crippen LogP contribution in [0.2, 0.25) is 0 Å². The Kier molecular flexibility index (Phi) is 10.2. The second-order valence-electron chi connectivity index (χ2n) is 6.48.